The summed E-state index contributed by atoms with van der Waals surface area (Å²) in [7, 11) is 4.58. The Morgan fingerprint density at radius 1 is 0.692 bits per heavy atom. The summed E-state index contributed by atoms with van der Waals surface area (Å²) in [5.74, 6) is -2.19. The summed E-state index contributed by atoms with van der Waals surface area (Å²) in [6.07, 6.45) is 6.40. The van der Waals surface area contributed by atoms with Crippen LogP contribution in [0.5, 0.6) is 0 Å². The second-order valence-electron chi connectivity index (χ2n) is 20.2. The zero-order valence-corrected chi connectivity index (χ0v) is 45.7. The van der Waals surface area contributed by atoms with E-state index < -0.39 is 49.4 Å². The van der Waals surface area contributed by atoms with Gasteiger partial charge in [-0.3, -0.25) is 24.1 Å². The van der Waals surface area contributed by atoms with Crippen molar-refractivity contribution in [1.82, 2.24) is 35.3 Å². The van der Waals surface area contributed by atoms with Crippen LogP contribution >= 0.6 is 22.7 Å². The SMILES string of the molecule is CN(C)C(CF)C(=O)O.CNC(CF)C(=O)N[C@H](C(=O)N1CCC[C@H]1c1nc(-c2ccc(F)c3ccccc23)cs1)C1CCOCC1.N[C@H](C(=O)N1CCC[C@H]1c1nc(-c2ccc(F)c3ccccc23)cs1)C1CCOCC1. The Hall–Kier alpha value is -5.94. The highest BCUT2D eigenvalue weighted by Gasteiger charge is 2.41. The van der Waals surface area contributed by atoms with Crippen LogP contribution in [-0.2, 0) is 28.7 Å². The number of hydrogen-bond donors (Lipinski definition) is 4. The number of fused-ring (bicyclic) bond motifs is 2. The number of carbonyl (C=O) groups is 4. The number of benzene rings is 4. The molecule has 2 unspecified atom stereocenters. The first kappa shape index (κ1) is 58.2. The molecule has 3 amide bonds. The molecular formula is C57H68F4N8O7S2. The summed E-state index contributed by atoms with van der Waals surface area (Å²) in [6, 6.07) is 17.8. The summed E-state index contributed by atoms with van der Waals surface area (Å²) in [5, 5.41) is 22.3. The molecular weight excluding hydrogens is 1050 g/mol. The minimum absolute atomic E-state index is 0.0263. The third-order valence-corrected chi connectivity index (χ3v) is 17.1. The predicted molar refractivity (Wildman–Crippen MR) is 294 cm³/mol. The van der Waals surface area contributed by atoms with Crippen LogP contribution in [0.4, 0.5) is 17.6 Å². The van der Waals surface area contributed by atoms with E-state index >= 15 is 0 Å². The zero-order chi connectivity index (χ0) is 55.5. The van der Waals surface area contributed by atoms with Crippen LogP contribution in [0, 0.1) is 23.5 Å². The molecule has 0 spiro atoms. The lowest BCUT2D eigenvalue weighted by atomic mass is 9.90. The number of likely N-dealkylation sites (N-methyl/N-ethyl adjacent to an activating group) is 2. The van der Waals surface area contributed by atoms with Crippen molar-refractivity contribution in [2.24, 2.45) is 17.6 Å². The van der Waals surface area contributed by atoms with Crippen molar-refractivity contribution < 1.29 is 51.3 Å². The van der Waals surface area contributed by atoms with Crippen LogP contribution in [0.1, 0.15) is 73.5 Å². The number of nitrogens with one attached hydrogen (secondary N) is 2. The molecule has 4 aromatic carbocycles. The first-order chi connectivity index (χ1) is 37.7. The summed E-state index contributed by atoms with van der Waals surface area (Å²) >= 11 is 3.05. The van der Waals surface area contributed by atoms with Crippen molar-refractivity contribution in [2.75, 3.05) is 74.0 Å². The van der Waals surface area contributed by atoms with Crippen molar-refractivity contribution in [2.45, 2.75) is 87.6 Å². The van der Waals surface area contributed by atoms with Gasteiger partial charge in [0.1, 0.15) is 53.1 Å². The lowest BCUT2D eigenvalue weighted by Gasteiger charge is -2.35. The highest BCUT2D eigenvalue weighted by molar-refractivity contribution is 7.10. The van der Waals surface area contributed by atoms with E-state index in [4.69, 9.17) is 30.3 Å². The fraction of sp³-hybridized carbons (Fsp3) is 0.474. The summed E-state index contributed by atoms with van der Waals surface area (Å²) in [5.41, 5.74) is 9.71. The van der Waals surface area contributed by atoms with E-state index in [1.165, 1.54) is 49.5 Å². The highest BCUT2D eigenvalue weighted by atomic mass is 32.1. The van der Waals surface area contributed by atoms with Gasteiger partial charge in [0.25, 0.3) is 0 Å². The number of thiazole rings is 2. The van der Waals surface area contributed by atoms with Gasteiger partial charge in [-0.05, 0) is 119 Å². The molecule has 0 bridgehead atoms. The van der Waals surface area contributed by atoms with E-state index in [9.17, 15) is 36.7 Å². The standard InChI is InChI=1S/C28H32F2N4O3S.C24H26FN3O2S.C5H10FNO2/c1-31-22(15-29)26(35)33-25(17-10-13-37-14-11-17)28(36)34-12-4-7-24(34)27-32-23(16-38-27)20-8-9-21(30)19-6-3-2-5-18(19)20;25-19-8-7-18(16-4-1-2-5-17(16)19)20-14-31-23(27-20)21-6-3-11-28(21)24(29)22(26)15-9-12-30-13-10-15;1-7(2)4(3-6)5(8)9/h2-3,5-6,8-9,16-17,22,24-25,31H,4,7,10-15H2,1H3,(H,33,35);1-2,4-5,7-8,14-15,21-22H,3,6,9-13,26H2;4H,3H2,1-2H3,(H,8,9)/t22?,24-,25-;21-,22-;/m00./s1. The predicted octanol–water partition coefficient (Wildman–Crippen LogP) is 8.73. The number of alkyl halides is 2. The maximum Gasteiger partial charge on any atom is 0.323 e. The molecule has 0 radical (unpaired) electrons. The quantitative estimate of drug-likeness (QED) is 0.0717. The molecule has 4 saturated heterocycles. The second kappa shape index (κ2) is 27.3. The Kier molecular flexibility index (Phi) is 20.4. The van der Waals surface area contributed by atoms with E-state index in [1.807, 2.05) is 57.0 Å². The van der Waals surface area contributed by atoms with Gasteiger partial charge in [0.15, 0.2) is 0 Å². The van der Waals surface area contributed by atoms with Gasteiger partial charge in [-0.2, -0.15) is 0 Å². The Balaban J connectivity index is 0.000000180. The monoisotopic (exact) mass is 1120 g/mol. The third kappa shape index (κ3) is 13.4. The fourth-order valence-corrected chi connectivity index (χ4v) is 12.6. The van der Waals surface area contributed by atoms with Crippen LogP contribution in [0.15, 0.2) is 83.6 Å². The average Bonchev–Trinajstić information content (AvgIpc) is 4.38. The zero-order valence-electron chi connectivity index (χ0n) is 44.1. The molecule has 78 heavy (non-hydrogen) atoms. The van der Waals surface area contributed by atoms with E-state index in [2.05, 4.69) is 10.6 Å². The molecule has 4 aliphatic heterocycles. The number of nitrogens with zero attached hydrogens (tertiary/aromatic N) is 5. The molecule has 418 valence electrons. The molecule has 0 aliphatic carbocycles. The molecule has 6 atom stereocenters. The van der Waals surface area contributed by atoms with Crippen LogP contribution in [0.2, 0.25) is 0 Å². The number of hydrogen-bond acceptors (Lipinski definition) is 13. The number of nitrogens with two attached hydrogens (primary N) is 1. The minimum Gasteiger partial charge on any atom is -0.480 e. The van der Waals surface area contributed by atoms with E-state index in [1.54, 1.807) is 35.6 Å². The van der Waals surface area contributed by atoms with Gasteiger partial charge in [0, 0.05) is 72.2 Å². The van der Waals surface area contributed by atoms with Gasteiger partial charge in [-0.1, -0.05) is 48.5 Å². The number of halogens is 4. The number of amides is 3. The number of ether oxygens (including phenoxy) is 2. The van der Waals surface area contributed by atoms with Gasteiger partial charge in [-0.25, -0.2) is 27.5 Å². The van der Waals surface area contributed by atoms with E-state index in [-0.39, 0.29) is 47.4 Å². The Bertz CT molecular complexity index is 3000. The molecule has 10 rings (SSSR count). The summed E-state index contributed by atoms with van der Waals surface area (Å²) < 4.78 is 64.6. The van der Waals surface area contributed by atoms with Gasteiger partial charge in [0.2, 0.25) is 17.7 Å². The van der Waals surface area contributed by atoms with Gasteiger partial charge >= 0.3 is 5.97 Å². The number of carboxylic acid groups (broad SMARTS) is 1. The smallest absolute Gasteiger partial charge is 0.323 e. The maximum absolute atomic E-state index is 14.4. The largest absolute Gasteiger partial charge is 0.480 e. The van der Waals surface area contributed by atoms with Gasteiger partial charge < -0.3 is 40.7 Å². The minimum atomic E-state index is -1.12. The number of rotatable bonds is 15. The van der Waals surface area contributed by atoms with Crippen LogP contribution in [-0.4, -0.2) is 152 Å². The Labute approximate surface area is 459 Å². The van der Waals surface area contributed by atoms with Crippen LogP contribution in [0.3, 0.4) is 0 Å². The van der Waals surface area contributed by atoms with Gasteiger partial charge in [0.05, 0.1) is 29.5 Å². The molecule has 4 aliphatic rings. The lowest BCUT2D eigenvalue weighted by molar-refractivity contribution is -0.143. The Morgan fingerprint density at radius 2 is 1.15 bits per heavy atom. The lowest BCUT2D eigenvalue weighted by Crippen LogP contribution is -2.57. The maximum atomic E-state index is 14.4. The fourth-order valence-electron chi connectivity index (χ4n) is 10.7. The van der Waals surface area contributed by atoms with Crippen molar-refractivity contribution in [3.63, 3.8) is 0 Å². The molecule has 6 aromatic rings. The van der Waals surface area contributed by atoms with Crippen molar-refractivity contribution >= 4 is 67.9 Å². The number of likely N-dealkylation sites (tertiary alicyclic amines) is 2. The Morgan fingerprint density at radius 3 is 1.58 bits per heavy atom. The van der Waals surface area contributed by atoms with E-state index in [0.717, 1.165) is 88.4 Å². The number of carbonyl (C=O) groups excluding carboxylic acids is 3. The second-order valence-corrected chi connectivity index (χ2v) is 22.0. The molecule has 21 heteroatoms. The van der Waals surface area contributed by atoms with Gasteiger partial charge in [-0.15, -0.1) is 22.7 Å². The molecule has 2 aromatic heterocycles. The van der Waals surface area contributed by atoms with E-state index in [0.29, 0.717) is 56.6 Å². The van der Waals surface area contributed by atoms with Crippen LogP contribution < -0.4 is 16.4 Å². The highest BCUT2D eigenvalue weighted by Crippen LogP contribution is 2.40. The summed E-state index contributed by atoms with van der Waals surface area (Å²) in [4.78, 5) is 64.9. The number of carboxylic acids is 1. The van der Waals surface area contributed by atoms with Crippen molar-refractivity contribution in [1.29, 1.82) is 0 Å². The molecule has 15 nitrogen and oxygen atoms in total. The van der Waals surface area contributed by atoms with Crippen LogP contribution in [0.25, 0.3) is 44.1 Å². The first-order valence-corrected chi connectivity index (χ1v) is 28.3. The molecule has 0 saturated carbocycles. The number of aliphatic carboxylic acids is 1. The molecule has 4 fully saturated rings. The van der Waals surface area contributed by atoms with Crippen molar-refractivity contribution in [3.05, 3.63) is 105 Å². The normalized spacial score (nSPS) is 19.7. The molecule has 5 N–H and O–H groups in total. The first-order valence-electron chi connectivity index (χ1n) is 26.5. The number of aromatic nitrogens is 2. The average molecular weight is 1120 g/mol. The summed E-state index contributed by atoms with van der Waals surface area (Å²) in [6.45, 7) is 1.97. The third-order valence-electron chi connectivity index (χ3n) is 15.2. The van der Waals surface area contributed by atoms with Crippen molar-refractivity contribution in [3.8, 4) is 22.5 Å². The topological polar surface area (TPSA) is 193 Å². The molecule has 6 heterocycles.